The minimum Gasteiger partial charge on any atom is -0.480 e. The first-order chi connectivity index (χ1) is 16.2. The van der Waals surface area contributed by atoms with Gasteiger partial charge in [0, 0.05) is 16.0 Å². The van der Waals surface area contributed by atoms with Crippen LogP contribution in [0.2, 0.25) is 0 Å². The summed E-state index contributed by atoms with van der Waals surface area (Å²) < 4.78 is 13.7. The number of likely N-dealkylation sites (tertiary alicyclic amines) is 1. The predicted molar refractivity (Wildman–Crippen MR) is 123 cm³/mol. The molecule has 6 rings (SSSR count). The van der Waals surface area contributed by atoms with Crippen LogP contribution in [0, 0.1) is 41.3 Å². The Morgan fingerprint density at radius 3 is 2.38 bits per heavy atom. The Labute approximate surface area is 202 Å². The molecule has 3 fully saturated rings. The number of imide groups is 1. The van der Waals surface area contributed by atoms with Crippen LogP contribution in [0.15, 0.2) is 34.1 Å². The van der Waals surface area contributed by atoms with Gasteiger partial charge >= 0.3 is 10.8 Å². The van der Waals surface area contributed by atoms with Gasteiger partial charge in [0.25, 0.3) is 0 Å². The van der Waals surface area contributed by atoms with E-state index in [1.165, 1.54) is 12.1 Å². The van der Waals surface area contributed by atoms with Crippen molar-refractivity contribution in [2.24, 2.45) is 35.5 Å². The molecule has 178 valence electrons. The van der Waals surface area contributed by atoms with Crippen LogP contribution in [0.25, 0.3) is 0 Å². The monoisotopic (exact) mass is 502 g/mol. The van der Waals surface area contributed by atoms with E-state index in [1.54, 1.807) is 37.7 Å². The van der Waals surface area contributed by atoms with Crippen molar-refractivity contribution < 1.29 is 23.9 Å². The van der Waals surface area contributed by atoms with Gasteiger partial charge in [0.05, 0.1) is 16.9 Å². The average molecular weight is 503 g/mol. The second-order valence-corrected chi connectivity index (χ2v) is 12.3. The SMILES string of the molecule is CC(C)C(C(=O)O)N1C(=O)C2C3CC(C2C1=O)C1C3Sc2[nH]c(=O)sc2[C@@H]1c1ccc(F)cc1. The van der Waals surface area contributed by atoms with E-state index in [9.17, 15) is 28.7 Å². The van der Waals surface area contributed by atoms with Crippen LogP contribution in [-0.4, -0.2) is 44.1 Å². The van der Waals surface area contributed by atoms with Gasteiger partial charge in [-0.15, -0.1) is 11.8 Å². The van der Waals surface area contributed by atoms with E-state index >= 15 is 0 Å². The van der Waals surface area contributed by atoms with Crippen molar-refractivity contribution in [2.45, 2.75) is 42.5 Å². The lowest BCUT2D eigenvalue weighted by molar-refractivity contribution is -0.157. The highest BCUT2D eigenvalue weighted by Crippen LogP contribution is 2.68. The molecule has 10 heteroatoms. The number of hydrogen-bond donors (Lipinski definition) is 2. The van der Waals surface area contributed by atoms with Crippen molar-refractivity contribution in [3.63, 3.8) is 0 Å². The molecule has 2 aliphatic heterocycles. The molecule has 2 bridgehead atoms. The molecule has 2 saturated carbocycles. The third-order valence-corrected chi connectivity index (χ3v) is 10.7. The minimum absolute atomic E-state index is 0.000288. The van der Waals surface area contributed by atoms with Gasteiger partial charge in [-0.05, 0) is 47.8 Å². The van der Waals surface area contributed by atoms with E-state index < -0.39 is 29.8 Å². The molecule has 0 spiro atoms. The topological polar surface area (TPSA) is 108 Å². The fourth-order valence-corrected chi connectivity index (χ4v) is 9.94. The van der Waals surface area contributed by atoms with Gasteiger partial charge in [0.15, 0.2) is 0 Å². The Hall–Kier alpha value is -2.46. The van der Waals surface area contributed by atoms with Crippen LogP contribution in [0.1, 0.15) is 36.6 Å². The van der Waals surface area contributed by atoms with Gasteiger partial charge in [-0.3, -0.25) is 19.3 Å². The first-order valence-corrected chi connectivity index (χ1v) is 13.1. The molecule has 7 unspecified atom stereocenters. The number of rotatable bonds is 4. The fourth-order valence-electron chi connectivity index (χ4n) is 7.05. The van der Waals surface area contributed by atoms with Gasteiger partial charge in [0.2, 0.25) is 11.8 Å². The van der Waals surface area contributed by atoms with Crippen LogP contribution >= 0.6 is 23.1 Å². The van der Waals surface area contributed by atoms with E-state index in [0.717, 1.165) is 38.1 Å². The summed E-state index contributed by atoms with van der Waals surface area (Å²) in [4.78, 5) is 56.0. The minimum atomic E-state index is -1.18. The maximum atomic E-state index is 13.7. The lowest BCUT2D eigenvalue weighted by Gasteiger charge is -2.43. The highest BCUT2D eigenvalue weighted by molar-refractivity contribution is 8.00. The third kappa shape index (κ3) is 2.87. The van der Waals surface area contributed by atoms with Gasteiger partial charge in [-0.1, -0.05) is 37.3 Å². The number of aliphatic carboxylic acids is 1. The lowest BCUT2D eigenvalue weighted by Crippen LogP contribution is -2.49. The summed E-state index contributed by atoms with van der Waals surface area (Å²) >= 11 is 2.72. The summed E-state index contributed by atoms with van der Waals surface area (Å²) in [5.74, 6) is -4.08. The maximum Gasteiger partial charge on any atom is 0.327 e. The zero-order valence-electron chi connectivity index (χ0n) is 18.4. The number of amides is 2. The van der Waals surface area contributed by atoms with Crippen molar-refractivity contribution >= 4 is 40.9 Å². The molecule has 4 aliphatic rings. The number of benzene rings is 1. The summed E-state index contributed by atoms with van der Waals surface area (Å²) in [6, 6.07) is 5.10. The second-order valence-electron chi connectivity index (χ2n) is 10.1. The highest BCUT2D eigenvalue weighted by Gasteiger charge is 2.70. The molecule has 1 aromatic heterocycles. The van der Waals surface area contributed by atoms with Gasteiger partial charge < -0.3 is 10.1 Å². The molecule has 2 amide bonds. The number of hydrogen-bond acceptors (Lipinski definition) is 6. The zero-order valence-corrected chi connectivity index (χ0v) is 20.1. The number of aromatic nitrogens is 1. The number of thioether (sulfide) groups is 1. The number of carbonyl (C=O) groups is 3. The summed E-state index contributed by atoms with van der Waals surface area (Å²) in [7, 11) is 0. The Morgan fingerprint density at radius 2 is 1.76 bits per heavy atom. The first kappa shape index (κ1) is 22.0. The van der Waals surface area contributed by atoms with E-state index in [4.69, 9.17) is 0 Å². The molecular weight excluding hydrogens is 479 g/mol. The van der Waals surface area contributed by atoms with Crippen LogP contribution in [0.5, 0.6) is 0 Å². The molecule has 7 nitrogen and oxygen atoms in total. The van der Waals surface area contributed by atoms with E-state index in [-0.39, 0.29) is 51.4 Å². The zero-order chi connectivity index (χ0) is 24.0. The van der Waals surface area contributed by atoms with Crippen molar-refractivity contribution in [1.29, 1.82) is 0 Å². The van der Waals surface area contributed by atoms with Crippen LogP contribution < -0.4 is 4.87 Å². The van der Waals surface area contributed by atoms with Crippen molar-refractivity contribution in [1.82, 2.24) is 9.88 Å². The third-order valence-electron chi connectivity index (χ3n) is 8.15. The summed E-state index contributed by atoms with van der Waals surface area (Å²) in [5, 5.41) is 10.6. The molecule has 1 aromatic carbocycles. The number of thiazole rings is 1. The number of carboxylic acids is 1. The quantitative estimate of drug-likeness (QED) is 0.622. The van der Waals surface area contributed by atoms with Crippen LogP contribution in [-0.2, 0) is 14.4 Å². The van der Waals surface area contributed by atoms with E-state index in [0.29, 0.717) is 0 Å². The largest absolute Gasteiger partial charge is 0.480 e. The maximum absolute atomic E-state index is 13.7. The second kappa shape index (κ2) is 7.52. The number of nitrogens with zero attached hydrogens (tertiary/aromatic N) is 1. The first-order valence-electron chi connectivity index (χ1n) is 11.4. The van der Waals surface area contributed by atoms with Gasteiger partial charge in [-0.2, -0.15) is 0 Å². The van der Waals surface area contributed by atoms with Gasteiger partial charge in [-0.25, -0.2) is 9.18 Å². The Morgan fingerprint density at radius 1 is 1.12 bits per heavy atom. The van der Waals surface area contributed by atoms with E-state index in [2.05, 4.69) is 4.98 Å². The molecule has 2 aromatic rings. The standard InChI is InChI=1S/C24H23FN2O5S2/c1-8(2)17(23(30)31)27-21(28)15-11-7-12(16(15)22(27)29)18-14(11)13(9-3-5-10(25)6-4-9)19-20(33-18)26-24(32)34-19/h3-6,8,11-18H,7H2,1-2H3,(H,26,32)(H,30,31)/t11?,12?,13-,14?,15?,16?,17?,18?/m1/s1. The van der Waals surface area contributed by atoms with Gasteiger partial charge in [0.1, 0.15) is 11.9 Å². The Kier molecular flexibility index (Phi) is 4.87. The molecule has 8 atom stereocenters. The Balaban J connectivity index is 1.44. The molecule has 0 radical (unpaired) electrons. The summed E-state index contributed by atoms with van der Waals surface area (Å²) in [6.07, 6.45) is 0.721. The normalized spacial score (nSPS) is 34.4. The Bertz CT molecular complexity index is 1270. The van der Waals surface area contributed by atoms with E-state index in [1.807, 2.05) is 0 Å². The highest BCUT2D eigenvalue weighted by atomic mass is 32.2. The lowest BCUT2D eigenvalue weighted by atomic mass is 9.68. The molecule has 2 N–H and O–H groups in total. The number of H-pyrrole nitrogens is 1. The molecule has 34 heavy (non-hydrogen) atoms. The number of fused-ring (bicyclic) bond motifs is 9. The predicted octanol–water partition coefficient (Wildman–Crippen LogP) is 3.16. The van der Waals surface area contributed by atoms with Crippen molar-refractivity contribution in [3.05, 3.63) is 50.2 Å². The average Bonchev–Trinajstić information content (AvgIpc) is 3.49. The number of carbonyl (C=O) groups excluding carboxylic acids is 2. The summed E-state index contributed by atoms with van der Waals surface area (Å²) in [6.45, 7) is 3.41. The number of carboxylic acid groups (broad SMARTS) is 1. The number of nitrogens with one attached hydrogen (secondary N) is 1. The molecule has 3 heterocycles. The molecular formula is C24H23FN2O5S2. The van der Waals surface area contributed by atoms with Crippen molar-refractivity contribution in [2.75, 3.05) is 0 Å². The van der Waals surface area contributed by atoms with Crippen LogP contribution in [0.3, 0.4) is 0 Å². The van der Waals surface area contributed by atoms with Crippen molar-refractivity contribution in [3.8, 4) is 0 Å². The molecule has 2 aliphatic carbocycles. The fraction of sp³-hybridized carbons (Fsp3) is 0.500. The van der Waals surface area contributed by atoms with Crippen LogP contribution in [0.4, 0.5) is 4.39 Å². The number of halogens is 1. The smallest absolute Gasteiger partial charge is 0.327 e. The molecule has 1 saturated heterocycles. The number of aromatic amines is 1. The summed E-state index contributed by atoms with van der Waals surface area (Å²) in [5.41, 5.74) is 0.886.